The number of hydrogen-bond acceptors (Lipinski definition) is 3. The highest BCUT2D eigenvalue weighted by Gasteiger charge is 2.26. The molecule has 1 aliphatic rings. The van der Waals surface area contributed by atoms with Crippen molar-refractivity contribution in [1.29, 1.82) is 5.26 Å². The fraction of sp³-hybridized carbons (Fsp3) is 0.462. The quantitative estimate of drug-likeness (QED) is 0.825. The van der Waals surface area contributed by atoms with Gasteiger partial charge in [-0.2, -0.15) is 17.0 Å². The summed E-state index contributed by atoms with van der Waals surface area (Å²) in [7, 11) is 0. The molecule has 0 N–H and O–H groups in total. The van der Waals surface area contributed by atoms with E-state index in [1.54, 1.807) is 17.8 Å². The van der Waals surface area contributed by atoms with Gasteiger partial charge in [-0.15, -0.1) is 0 Å². The van der Waals surface area contributed by atoms with E-state index < -0.39 is 5.82 Å². The van der Waals surface area contributed by atoms with E-state index in [2.05, 4.69) is 11.2 Å². The Morgan fingerprint density at radius 3 is 3.12 bits per heavy atom. The maximum Gasteiger partial charge on any atom is 0.143 e. The minimum absolute atomic E-state index is 0.181. The smallest absolute Gasteiger partial charge is 0.143 e. The molecular formula is C13H15FN2S. The maximum atomic E-state index is 13.6. The predicted octanol–water partition coefficient (Wildman–Crippen LogP) is 3.03. The monoisotopic (exact) mass is 250 g/mol. The van der Waals surface area contributed by atoms with Gasteiger partial charge in [-0.3, -0.25) is 0 Å². The van der Waals surface area contributed by atoms with Crippen molar-refractivity contribution in [2.45, 2.75) is 18.9 Å². The summed E-state index contributed by atoms with van der Waals surface area (Å²) in [5.41, 5.74) is 0.935. The Labute approximate surface area is 105 Å². The molecule has 1 aliphatic heterocycles. The Bertz CT molecular complexity index is 442. The Balaban J connectivity index is 2.33. The van der Waals surface area contributed by atoms with E-state index in [0.29, 0.717) is 6.04 Å². The van der Waals surface area contributed by atoms with Gasteiger partial charge in [0.1, 0.15) is 17.4 Å². The summed E-state index contributed by atoms with van der Waals surface area (Å²) in [6.07, 6.45) is 4.32. The first-order chi connectivity index (χ1) is 8.27. The molecule has 0 saturated carbocycles. The van der Waals surface area contributed by atoms with Crippen LogP contribution in [0.25, 0.3) is 0 Å². The Hall–Kier alpha value is -1.21. The molecule has 1 atom stereocenters. The van der Waals surface area contributed by atoms with Gasteiger partial charge in [0.05, 0.1) is 5.69 Å². The summed E-state index contributed by atoms with van der Waals surface area (Å²) in [4.78, 5) is 2.18. The molecule has 0 aromatic heterocycles. The molecule has 1 saturated heterocycles. The van der Waals surface area contributed by atoms with E-state index >= 15 is 0 Å². The number of anilines is 1. The summed E-state index contributed by atoms with van der Waals surface area (Å²) in [6.45, 7) is 0.920. The second kappa shape index (κ2) is 5.42. The third-order valence-electron chi connectivity index (χ3n) is 3.15. The van der Waals surface area contributed by atoms with Crippen LogP contribution in [0.5, 0.6) is 0 Å². The van der Waals surface area contributed by atoms with Gasteiger partial charge < -0.3 is 4.90 Å². The average molecular weight is 250 g/mol. The van der Waals surface area contributed by atoms with Gasteiger partial charge >= 0.3 is 0 Å². The van der Waals surface area contributed by atoms with E-state index in [1.165, 1.54) is 6.07 Å². The van der Waals surface area contributed by atoms with Crippen LogP contribution in [0.3, 0.4) is 0 Å². The van der Waals surface area contributed by atoms with Crippen LogP contribution in [0.1, 0.15) is 18.4 Å². The zero-order valence-electron chi connectivity index (χ0n) is 9.82. The summed E-state index contributed by atoms with van der Waals surface area (Å²) >= 11 is 1.80. The molecule has 1 heterocycles. The van der Waals surface area contributed by atoms with Gasteiger partial charge in [0, 0.05) is 18.3 Å². The first-order valence-electron chi connectivity index (χ1n) is 5.72. The molecule has 17 heavy (non-hydrogen) atoms. The number of benzene rings is 1. The predicted molar refractivity (Wildman–Crippen MR) is 69.9 cm³/mol. The number of thioether (sulfide) groups is 1. The molecule has 0 radical (unpaired) electrons. The second-order valence-electron chi connectivity index (χ2n) is 4.19. The Kier molecular flexibility index (Phi) is 3.90. The molecule has 0 aliphatic carbocycles. The molecular weight excluding hydrogens is 235 g/mol. The van der Waals surface area contributed by atoms with Crippen LogP contribution in [0.15, 0.2) is 18.2 Å². The second-order valence-corrected chi connectivity index (χ2v) is 5.10. The summed E-state index contributed by atoms with van der Waals surface area (Å²) in [5.74, 6) is 0.612. The van der Waals surface area contributed by atoms with Crippen molar-refractivity contribution in [3.8, 4) is 6.07 Å². The number of nitrogens with zero attached hydrogens (tertiary/aromatic N) is 2. The van der Waals surface area contributed by atoms with E-state index in [-0.39, 0.29) is 5.56 Å². The number of halogens is 1. The van der Waals surface area contributed by atoms with E-state index in [9.17, 15) is 4.39 Å². The van der Waals surface area contributed by atoms with E-state index in [0.717, 1.165) is 30.8 Å². The van der Waals surface area contributed by atoms with Crippen molar-refractivity contribution < 1.29 is 4.39 Å². The zero-order valence-corrected chi connectivity index (χ0v) is 10.6. The lowest BCUT2D eigenvalue weighted by molar-refractivity contribution is 0.622. The molecule has 4 heteroatoms. The highest BCUT2D eigenvalue weighted by Crippen LogP contribution is 2.30. The van der Waals surface area contributed by atoms with Crippen molar-refractivity contribution in [2.24, 2.45) is 0 Å². The molecule has 0 bridgehead atoms. The van der Waals surface area contributed by atoms with Crippen molar-refractivity contribution in [3.63, 3.8) is 0 Å². The summed E-state index contributed by atoms with van der Waals surface area (Å²) in [6, 6.07) is 7.29. The molecule has 0 amide bonds. The third kappa shape index (κ3) is 2.39. The minimum atomic E-state index is -0.417. The van der Waals surface area contributed by atoms with E-state index in [1.807, 2.05) is 12.1 Å². The van der Waals surface area contributed by atoms with Crippen molar-refractivity contribution in [3.05, 3.63) is 29.6 Å². The van der Waals surface area contributed by atoms with Crippen molar-refractivity contribution in [2.75, 3.05) is 23.5 Å². The zero-order chi connectivity index (χ0) is 12.3. The lowest BCUT2D eigenvalue weighted by Crippen LogP contribution is -2.31. The number of rotatable bonds is 3. The maximum absolute atomic E-state index is 13.6. The molecule has 1 aromatic carbocycles. The third-order valence-corrected chi connectivity index (χ3v) is 3.87. The van der Waals surface area contributed by atoms with Crippen LogP contribution in [-0.2, 0) is 0 Å². The van der Waals surface area contributed by atoms with Gasteiger partial charge in [0.2, 0.25) is 0 Å². The van der Waals surface area contributed by atoms with Gasteiger partial charge in [-0.05, 0) is 31.2 Å². The van der Waals surface area contributed by atoms with Gasteiger partial charge in [-0.25, -0.2) is 4.39 Å². The molecule has 2 nitrogen and oxygen atoms in total. The lowest BCUT2D eigenvalue weighted by Gasteiger charge is -2.27. The summed E-state index contributed by atoms with van der Waals surface area (Å²) < 4.78 is 13.6. The molecule has 1 unspecified atom stereocenters. The highest BCUT2D eigenvalue weighted by molar-refractivity contribution is 7.98. The van der Waals surface area contributed by atoms with Crippen LogP contribution >= 0.6 is 11.8 Å². The average Bonchev–Trinajstić information content (AvgIpc) is 2.77. The van der Waals surface area contributed by atoms with Crippen LogP contribution < -0.4 is 4.90 Å². The molecule has 90 valence electrons. The first kappa shape index (κ1) is 12.3. The molecule has 2 rings (SSSR count). The summed E-state index contributed by atoms with van der Waals surface area (Å²) in [5, 5.41) is 9.05. The van der Waals surface area contributed by atoms with Gasteiger partial charge in [-0.1, -0.05) is 6.07 Å². The normalized spacial score (nSPS) is 19.4. The van der Waals surface area contributed by atoms with Crippen molar-refractivity contribution >= 4 is 17.4 Å². The highest BCUT2D eigenvalue weighted by atomic mass is 32.2. The van der Waals surface area contributed by atoms with Crippen LogP contribution in [-0.4, -0.2) is 24.6 Å². The standard InChI is InChI=1S/C13H15FN2S/c1-17-9-10-4-3-7-16(10)13-6-2-5-12(14)11(13)8-15/h2,5-6,10H,3-4,7,9H2,1H3. The molecule has 1 aromatic rings. The first-order valence-corrected chi connectivity index (χ1v) is 7.11. The fourth-order valence-electron chi connectivity index (χ4n) is 2.38. The van der Waals surface area contributed by atoms with Crippen LogP contribution in [0.2, 0.25) is 0 Å². The van der Waals surface area contributed by atoms with Crippen LogP contribution in [0.4, 0.5) is 10.1 Å². The molecule has 0 spiro atoms. The van der Waals surface area contributed by atoms with Crippen molar-refractivity contribution in [1.82, 2.24) is 0 Å². The number of nitriles is 1. The SMILES string of the molecule is CSCC1CCCN1c1cccc(F)c1C#N. The minimum Gasteiger partial charge on any atom is -0.367 e. The largest absolute Gasteiger partial charge is 0.367 e. The van der Waals surface area contributed by atoms with Crippen LogP contribution in [0, 0.1) is 17.1 Å². The Morgan fingerprint density at radius 2 is 2.41 bits per heavy atom. The topological polar surface area (TPSA) is 27.0 Å². The van der Waals surface area contributed by atoms with Gasteiger partial charge in [0.25, 0.3) is 0 Å². The Morgan fingerprint density at radius 1 is 1.59 bits per heavy atom. The fourth-order valence-corrected chi connectivity index (χ4v) is 3.11. The lowest BCUT2D eigenvalue weighted by atomic mass is 10.1. The molecule has 1 fully saturated rings. The van der Waals surface area contributed by atoms with Gasteiger partial charge in [0.15, 0.2) is 0 Å². The number of hydrogen-bond donors (Lipinski definition) is 0. The van der Waals surface area contributed by atoms with E-state index in [4.69, 9.17) is 5.26 Å².